The molecule has 0 aliphatic carbocycles. The highest BCUT2D eigenvalue weighted by molar-refractivity contribution is 7.90. The van der Waals surface area contributed by atoms with Gasteiger partial charge in [-0.25, -0.2) is 19.2 Å². The van der Waals surface area contributed by atoms with Gasteiger partial charge in [0.2, 0.25) is 0 Å². The Balaban J connectivity index is 2.16. The van der Waals surface area contributed by atoms with E-state index in [1.165, 1.54) is 36.7 Å². The van der Waals surface area contributed by atoms with E-state index in [2.05, 4.69) is 20.7 Å². The molecule has 0 radical (unpaired) electrons. The first-order chi connectivity index (χ1) is 9.90. The molecule has 1 amide bonds. The van der Waals surface area contributed by atoms with Crippen molar-refractivity contribution in [3.05, 3.63) is 42.4 Å². The van der Waals surface area contributed by atoms with E-state index < -0.39 is 15.7 Å². The van der Waals surface area contributed by atoms with E-state index in [0.29, 0.717) is 5.69 Å². The molecule has 1 aromatic carbocycles. The van der Waals surface area contributed by atoms with Crippen LogP contribution in [0.4, 0.5) is 11.5 Å². The molecule has 4 N–H and O–H groups in total. The molecule has 21 heavy (non-hydrogen) atoms. The zero-order chi connectivity index (χ0) is 15.5. The molecule has 0 bridgehead atoms. The minimum atomic E-state index is -3.27. The predicted octanol–water partition coefficient (Wildman–Crippen LogP) is 0.418. The molecule has 0 aliphatic rings. The van der Waals surface area contributed by atoms with Gasteiger partial charge in [0.15, 0.2) is 15.7 Å². The van der Waals surface area contributed by atoms with Crippen LogP contribution in [-0.2, 0) is 9.84 Å². The molecule has 9 heteroatoms. The summed E-state index contributed by atoms with van der Waals surface area (Å²) in [5, 5.41) is 2.58. The maximum atomic E-state index is 12.0. The van der Waals surface area contributed by atoms with Crippen LogP contribution in [0.1, 0.15) is 10.5 Å². The van der Waals surface area contributed by atoms with Gasteiger partial charge in [0.1, 0.15) is 5.69 Å². The van der Waals surface area contributed by atoms with Crippen molar-refractivity contribution in [1.82, 2.24) is 9.97 Å². The van der Waals surface area contributed by atoms with Crippen LogP contribution >= 0.6 is 0 Å². The molecule has 2 aromatic rings. The molecule has 0 spiro atoms. The van der Waals surface area contributed by atoms with Gasteiger partial charge in [-0.1, -0.05) is 0 Å². The molecule has 0 fully saturated rings. The van der Waals surface area contributed by atoms with E-state index in [1.807, 2.05) is 0 Å². The Morgan fingerprint density at radius 1 is 1.19 bits per heavy atom. The molecule has 1 heterocycles. The molecule has 110 valence electrons. The lowest BCUT2D eigenvalue weighted by atomic mass is 10.3. The Bertz CT molecular complexity index is 759. The van der Waals surface area contributed by atoms with Gasteiger partial charge in [-0.15, -0.1) is 0 Å². The number of hydrazine groups is 1. The fraction of sp³-hybridized carbons (Fsp3) is 0.0833. The van der Waals surface area contributed by atoms with Crippen LogP contribution in [-0.4, -0.2) is 30.5 Å². The summed E-state index contributed by atoms with van der Waals surface area (Å²) in [7, 11) is -3.27. The number of nitrogen functional groups attached to an aromatic ring is 1. The van der Waals surface area contributed by atoms with Crippen LogP contribution in [0.25, 0.3) is 0 Å². The number of sulfone groups is 1. The highest BCUT2D eigenvalue weighted by atomic mass is 32.2. The second kappa shape index (κ2) is 5.85. The van der Waals surface area contributed by atoms with Crippen LogP contribution in [0.2, 0.25) is 0 Å². The third-order valence-electron chi connectivity index (χ3n) is 2.56. The highest BCUT2D eigenvalue weighted by Crippen LogP contribution is 2.14. The van der Waals surface area contributed by atoms with Crippen molar-refractivity contribution in [2.24, 2.45) is 5.84 Å². The summed E-state index contributed by atoms with van der Waals surface area (Å²) >= 11 is 0. The van der Waals surface area contributed by atoms with Crippen LogP contribution in [0.15, 0.2) is 41.6 Å². The van der Waals surface area contributed by atoms with Crippen LogP contribution in [0.3, 0.4) is 0 Å². The summed E-state index contributed by atoms with van der Waals surface area (Å²) < 4.78 is 22.7. The number of nitrogens with two attached hydrogens (primary N) is 1. The monoisotopic (exact) mass is 307 g/mol. The summed E-state index contributed by atoms with van der Waals surface area (Å²) in [6.45, 7) is 0. The van der Waals surface area contributed by atoms with Gasteiger partial charge < -0.3 is 10.7 Å². The number of hydrogen-bond acceptors (Lipinski definition) is 7. The van der Waals surface area contributed by atoms with Crippen LogP contribution < -0.4 is 16.6 Å². The first kappa shape index (κ1) is 14.9. The minimum Gasteiger partial charge on any atom is -0.321 e. The minimum absolute atomic E-state index is 0.0811. The predicted molar refractivity (Wildman–Crippen MR) is 77.3 cm³/mol. The summed E-state index contributed by atoms with van der Waals surface area (Å²) in [6, 6.07) is 5.81. The quantitative estimate of drug-likeness (QED) is 0.551. The first-order valence-electron chi connectivity index (χ1n) is 5.80. The molecule has 1 aromatic heterocycles. The Morgan fingerprint density at radius 3 is 2.43 bits per heavy atom. The average molecular weight is 307 g/mol. The number of amides is 1. The number of anilines is 2. The maximum absolute atomic E-state index is 12.0. The van der Waals surface area contributed by atoms with Gasteiger partial charge in [-0.2, -0.15) is 0 Å². The number of aromatic nitrogens is 2. The van der Waals surface area contributed by atoms with Gasteiger partial charge in [-0.05, 0) is 24.3 Å². The zero-order valence-corrected chi connectivity index (χ0v) is 11.9. The zero-order valence-electron chi connectivity index (χ0n) is 11.1. The summed E-state index contributed by atoms with van der Waals surface area (Å²) in [5.74, 6) is 4.97. The Morgan fingerprint density at radius 2 is 1.86 bits per heavy atom. The Kier molecular flexibility index (Phi) is 4.15. The van der Waals surface area contributed by atoms with Crippen molar-refractivity contribution >= 4 is 27.2 Å². The molecule has 2 rings (SSSR count). The molecule has 0 saturated carbocycles. The molecule has 8 nitrogen and oxygen atoms in total. The van der Waals surface area contributed by atoms with Crippen molar-refractivity contribution in [2.75, 3.05) is 17.0 Å². The van der Waals surface area contributed by atoms with E-state index in [-0.39, 0.29) is 16.4 Å². The summed E-state index contributed by atoms with van der Waals surface area (Å²) in [6.07, 6.45) is 3.78. The Labute approximate surface area is 121 Å². The molecule has 0 unspecified atom stereocenters. The molecule has 0 aliphatic heterocycles. The van der Waals surface area contributed by atoms with Crippen LogP contribution in [0, 0.1) is 0 Å². The highest BCUT2D eigenvalue weighted by Gasteiger charge is 2.10. The van der Waals surface area contributed by atoms with E-state index >= 15 is 0 Å². The molecule has 0 atom stereocenters. The van der Waals surface area contributed by atoms with Gasteiger partial charge in [0, 0.05) is 11.9 Å². The average Bonchev–Trinajstić information content (AvgIpc) is 2.47. The van der Waals surface area contributed by atoms with Gasteiger partial charge in [-0.3, -0.25) is 9.78 Å². The number of rotatable bonds is 4. The molecular formula is C12H13N5O3S. The van der Waals surface area contributed by atoms with Crippen molar-refractivity contribution in [3.63, 3.8) is 0 Å². The fourth-order valence-electron chi connectivity index (χ4n) is 1.53. The van der Waals surface area contributed by atoms with Crippen molar-refractivity contribution in [1.29, 1.82) is 0 Å². The lowest BCUT2D eigenvalue weighted by molar-refractivity contribution is 0.102. The van der Waals surface area contributed by atoms with E-state index in [9.17, 15) is 13.2 Å². The van der Waals surface area contributed by atoms with E-state index in [1.54, 1.807) is 0 Å². The fourth-order valence-corrected chi connectivity index (χ4v) is 2.16. The van der Waals surface area contributed by atoms with Gasteiger partial charge in [0.25, 0.3) is 5.91 Å². The van der Waals surface area contributed by atoms with Crippen molar-refractivity contribution < 1.29 is 13.2 Å². The molecular weight excluding hydrogens is 294 g/mol. The standard InChI is InChI=1S/C12H13N5O3S/c1-21(19,20)9-4-2-8(3-5-9)15-12(18)10-6-14-7-11(16-10)17-13/h2-7H,13H2,1H3,(H,15,18)(H,16,17). The smallest absolute Gasteiger partial charge is 0.275 e. The SMILES string of the molecule is CS(=O)(=O)c1ccc(NC(=O)c2cncc(NN)n2)cc1. The lowest BCUT2D eigenvalue weighted by Crippen LogP contribution is -2.16. The van der Waals surface area contributed by atoms with E-state index in [4.69, 9.17) is 5.84 Å². The number of hydrogen-bond donors (Lipinski definition) is 3. The normalized spacial score (nSPS) is 11.0. The second-order valence-electron chi connectivity index (χ2n) is 4.18. The molecule has 0 saturated heterocycles. The topological polar surface area (TPSA) is 127 Å². The summed E-state index contributed by atoms with van der Waals surface area (Å²) in [5.41, 5.74) is 2.82. The second-order valence-corrected chi connectivity index (χ2v) is 6.20. The number of nitrogens with zero attached hydrogens (tertiary/aromatic N) is 2. The van der Waals surface area contributed by atoms with E-state index in [0.717, 1.165) is 6.26 Å². The lowest BCUT2D eigenvalue weighted by Gasteiger charge is -2.06. The van der Waals surface area contributed by atoms with Gasteiger partial charge in [0.05, 0.1) is 17.3 Å². The number of nitrogens with one attached hydrogen (secondary N) is 2. The van der Waals surface area contributed by atoms with Crippen molar-refractivity contribution in [2.45, 2.75) is 4.90 Å². The maximum Gasteiger partial charge on any atom is 0.275 e. The van der Waals surface area contributed by atoms with Crippen LogP contribution in [0.5, 0.6) is 0 Å². The number of carbonyl (C=O) groups excluding carboxylic acids is 1. The largest absolute Gasteiger partial charge is 0.321 e. The third kappa shape index (κ3) is 3.74. The number of benzene rings is 1. The van der Waals surface area contributed by atoms with Gasteiger partial charge >= 0.3 is 0 Å². The van der Waals surface area contributed by atoms with Crippen molar-refractivity contribution in [3.8, 4) is 0 Å². The third-order valence-corrected chi connectivity index (χ3v) is 3.68. The Hall–Kier alpha value is -2.52. The first-order valence-corrected chi connectivity index (χ1v) is 7.69. The summed E-state index contributed by atoms with van der Waals surface area (Å²) in [4.78, 5) is 19.9. The number of carbonyl (C=O) groups is 1.